The van der Waals surface area contributed by atoms with Crippen LogP contribution >= 0.6 is 11.6 Å². The zero-order chi connectivity index (χ0) is 14.6. The van der Waals surface area contributed by atoms with Crippen LogP contribution in [0.15, 0.2) is 18.2 Å². The molecule has 6 heteroatoms. The summed E-state index contributed by atoms with van der Waals surface area (Å²) < 4.78 is 0. The fourth-order valence-corrected chi connectivity index (χ4v) is 1.59. The summed E-state index contributed by atoms with van der Waals surface area (Å²) in [6.07, 6.45) is 0.567. The molecule has 1 aromatic carbocycles. The normalized spacial score (nSPS) is 11.2. The average molecular weight is 285 g/mol. The lowest BCUT2D eigenvalue weighted by molar-refractivity contribution is -0.385. The number of hydrogen-bond acceptors (Lipinski definition) is 3. The number of anilines is 1. The van der Waals surface area contributed by atoms with Crippen LogP contribution in [0.25, 0.3) is 0 Å². The van der Waals surface area contributed by atoms with Crippen molar-refractivity contribution in [2.75, 3.05) is 11.2 Å². The standard InChI is InChI=1S/C13H17ClN2O3/c1-4-9-5-6-10(7-11(9)16(18)19)15-12(17)13(2,3)8-14/h5-7H,4,8H2,1-3H3,(H,15,17). The van der Waals surface area contributed by atoms with Gasteiger partial charge in [0.05, 0.1) is 10.3 Å². The van der Waals surface area contributed by atoms with Gasteiger partial charge in [-0.1, -0.05) is 13.0 Å². The Labute approximate surface area is 117 Å². The molecule has 1 rings (SSSR count). The molecule has 0 aliphatic carbocycles. The molecule has 0 aliphatic rings. The molecule has 5 nitrogen and oxygen atoms in total. The first-order valence-corrected chi connectivity index (χ1v) is 6.50. The van der Waals surface area contributed by atoms with E-state index in [1.54, 1.807) is 26.0 Å². The first-order chi connectivity index (χ1) is 8.81. The lowest BCUT2D eigenvalue weighted by Gasteiger charge is -2.20. The summed E-state index contributed by atoms with van der Waals surface area (Å²) in [4.78, 5) is 22.4. The van der Waals surface area contributed by atoms with E-state index in [2.05, 4.69) is 5.32 Å². The van der Waals surface area contributed by atoms with Gasteiger partial charge in [0, 0.05) is 23.2 Å². The van der Waals surface area contributed by atoms with Crippen LogP contribution < -0.4 is 5.32 Å². The van der Waals surface area contributed by atoms with Crippen LogP contribution in [0.3, 0.4) is 0 Å². The summed E-state index contributed by atoms with van der Waals surface area (Å²) in [5, 5.41) is 13.6. The van der Waals surface area contributed by atoms with Crippen LogP contribution in [-0.2, 0) is 11.2 Å². The third kappa shape index (κ3) is 3.67. The first-order valence-electron chi connectivity index (χ1n) is 5.96. The number of aryl methyl sites for hydroxylation is 1. The van der Waals surface area contributed by atoms with Gasteiger partial charge >= 0.3 is 0 Å². The van der Waals surface area contributed by atoms with Crippen molar-refractivity contribution >= 4 is 28.9 Å². The molecule has 104 valence electrons. The summed E-state index contributed by atoms with van der Waals surface area (Å²) in [6, 6.07) is 4.69. The van der Waals surface area contributed by atoms with Gasteiger partial charge in [0.25, 0.3) is 5.69 Å². The first kappa shape index (κ1) is 15.4. The van der Waals surface area contributed by atoms with Crippen LogP contribution in [0.2, 0.25) is 0 Å². The van der Waals surface area contributed by atoms with Crippen LogP contribution in [0, 0.1) is 15.5 Å². The number of amides is 1. The van der Waals surface area contributed by atoms with Crippen molar-refractivity contribution in [3.8, 4) is 0 Å². The van der Waals surface area contributed by atoms with E-state index in [4.69, 9.17) is 11.6 Å². The van der Waals surface area contributed by atoms with Crippen LogP contribution in [0.5, 0.6) is 0 Å². The molecule has 0 unspecified atom stereocenters. The van der Waals surface area contributed by atoms with Gasteiger partial charge in [0.15, 0.2) is 0 Å². The topological polar surface area (TPSA) is 72.2 Å². The van der Waals surface area contributed by atoms with E-state index >= 15 is 0 Å². The molecule has 0 saturated carbocycles. The van der Waals surface area contributed by atoms with Gasteiger partial charge in [-0.05, 0) is 26.3 Å². The van der Waals surface area contributed by atoms with Crippen molar-refractivity contribution in [1.29, 1.82) is 0 Å². The molecule has 0 atom stereocenters. The van der Waals surface area contributed by atoms with E-state index in [0.717, 1.165) is 0 Å². The second-order valence-corrected chi connectivity index (χ2v) is 5.19. The Morgan fingerprint density at radius 1 is 1.47 bits per heavy atom. The van der Waals surface area contributed by atoms with Crippen LogP contribution in [0.4, 0.5) is 11.4 Å². The molecule has 0 aromatic heterocycles. The highest BCUT2D eigenvalue weighted by Gasteiger charge is 2.27. The molecule has 0 saturated heterocycles. The third-order valence-electron chi connectivity index (χ3n) is 2.87. The SMILES string of the molecule is CCc1ccc(NC(=O)C(C)(C)CCl)cc1[N+](=O)[O-]. The van der Waals surface area contributed by atoms with Crippen molar-refractivity contribution < 1.29 is 9.72 Å². The number of nitro benzene ring substituents is 1. The Hall–Kier alpha value is -1.62. The lowest BCUT2D eigenvalue weighted by atomic mass is 9.95. The molecule has 0 aliphatic heterocycles. The van der Waals surface area contributed by atoms with Crippen molar-refractivity contribution in [2.24, 2.45) is 5.41 Å². The van der Waals surface area contributed by atoms with Gasteiger partial charge in [0.1, 0.15) is 0 Å². The van der Waals surface area contributed by atoms with E-state index in [1.165, 1.54) is 6.07 Å². The maximum atomic E-state index is 11.9. The Morgan fingerprint density at radius 3 is 2.58 bits per heavy atom. The van der Waals surface area contributed by atoms with Crippen molar-refractivity contribution in [1.82, 2.24) is 0 Å². The number of nitrogens with one attached hydrogen (secondary N) is 1. The predicted octanol–water partition coefficient (Wildman–Crippen LogP) is 3.36. The molecular weight excluding hydrogens is 268 g/mol. The summed E-state index contributed by atoms with van der Waals surface area (Å²) in [7, 11) is 0. The third-order valence-corrected chi connectivity index (χ3v) is 3.54. The number of carbonyl (C=O) groups excluding carboxylic acids is 1. The number of benzene rings is 1. The van der Waals surface area contributed by atoms with E-state index in [9.17, 15) is 14.9 Å². The van der Waals surface area contributed by atoms with Gasteiger partial charge in [-0.25, -0.2) is 0 Å². The number of carbonyl (C=O) groups is 1. The van der Waals surface area contributed by atoms with Crippen molar-refractivity contribution in [2.45, 2.75) is 27.2 Å². The van der Waals surface area contributed by atoms with Gasteiger partial charge in [0.2, 0.25) is 5.91 Å². The smallest absolute Gasteiger partial charge is 0.274 e. The number of nitro groups is 1. The van der Waals surface area contributed by atoms with Crippen molar-refractivity contribution in [3.05, 3.63) is 33.9 Å². The molecule has 1 N–H and O–H groups in total. The van der Waals surface area contributed by atoms with Crippen molar-refractivity contribution in [3.63, 3.8) is 0 Å². The fraction of sp³-hybridized carbons (Fsp3) is 0.462. The van der Waals surface area contributed by atoms with Gasteiger partial charge in [-0.15, -0.1) is 11.6 Å². The molecule has 1 amide bonds. The van der Waals surface area contributed by atoms with Gasteiger partial charge in [-0.2, -0.15) is 0 Å². The van der Waals surface area contributed by atoms with E-state index in [0.29, 0.717) is 17.7 Å². The second kappa shape index (κ2) is 6.02. The predicted molar refractivity (Wildman–Crippen MR) is 75.6 cm³/mol. The minimum absolute atomic E-state index is 0.0176. The van der Waals surface area contributed by atoms with Crippen LogP contribution in [0.1, 0.15) is 26.3 Å². The monoisotopic (exact) mass is 284 g/mol. The largest absolute Gasteiger partial charge is 0.325 e. The van der Waals surface area contributed by atoms with Gasteiger partial charge < -0.3 is 5.32 Å². The zero-order valence-corrected chi connectivity index (χ0v) is 12.0. The van der Waals surface area contributed by atoms with E-state index in [1.807, 2.05) is 6.92 Å². The number of hydrogen-bond donors (Lipinski definition) is 1. The Morgan fingerprint density at radius 2 is 2.11 bits per heavy atom. The molecule has 0 bridgehead atoms. The molecule has 0 radical (unpaired) electrons. The molecule has 0 heterocycles. The Bertz CT molecular complexity index is 501. The summed E-state index contributed by atoms with van der Waals surface area (Å²) >= 11 is 5.71. The highest BCUT2D eigenvalue weighted by Crippen LogP contribution is 2.26. The average Bonchev–Trinajstić information content (AvgIpc) is 2.38. The maximum Gasteiger partial charge on any atom is 0.274 e. The molecule has 19 heavy (non-hydrogen) atoms. The highest BCUT2D eigenvalue weighted by molar-refractivity contribution is 6.20. The Balaban J connectivity index is 3.01. The summed E-state index contributed by atoms with van der Waals surface area (Å²) in [6.45, 7) is 5.27. The minimum Gasteiger partial charge on any atom is -0.325 e. The zero-order valence-electron chi connectivity index (χ0n) is 11.2. The number of nitrogens with zero attached hydrogens (tertiary/aromatic N) is 1. The van der Waals surface area contributed by atoms with E-state index < -0.39 is 10.3 Å². The van der Waals surface area contributed by atoms with Crippen LogP contribution in [-0.4, -0.2) is 16.7 Å². The maximum absolute atomic E-state index is 11.9. The molecule has 0 spiro atoms. The minimum atomic E-state index is -0.722. The second-order valence-electron chi connectivity index (χ2n) is 4.93. The number of alkyl halides is 1. The number of halogens is 1. The lowest BCUT2D eigenvalue weighted by Crippen LogP contribution is -2.32. The summed E-state index contributed by atoms with van der Waals surface area (Å²) in [5.74, 6) is -0.0883. The fourth-order valence-electron chi connectivity index (χ4n) is 1.47. The molecule has 0 fully saturated rings. The molecular formula is C13H17ClN2O3. The van der Waals surface area contributed by atoms with E-state index in [-0.39, 0.29) is 17.5 Å². The Kier molecular flexibility index (Phi) is 4.89. The number of rotatable bonds is 5. The quantitative estimate of drug-likeness (QED) is 0.512. The summed E-state index contributed by atoms with van der Waals surface area (Å²) in [5.41, 5.74) is 0.343. The van der Waals surface area contributed by atoms with Gasteiger partial charge in [-0.3, -0.25) is 14.9 Å². The molecule has 1 aromatic rings. The highest BCUT2D eigenvalue weighted by atomic mass is 35.5.